The predicted octanol–water partition coefficient (Wildman–Crippen LogP) is 2.37. The summed E-state index contributed by atoms with van der Waals surface area (Å²) in [5.41, 5.74) is -0.963. The van der Waals surface area contributed by atoms with Gasteiger partial charge in [-0.2, -0.15) is 0 Å². The van der Waals surface area contributed by atoms with Crippen LogP contribution in [0.3, 0.4) is 0 Å². The molecule has 110 valence electrons. The molecule has 1 aliphatic carbocycles. The first-order chi connectivity index (χ1) is 8.76. The van der Waals surface area contributed by atoms with E-state index in [0.717, 1.165) is 12.8 Å². The van der Waals surface area contributed by atoms with E-state index in [1.165, 1.54) is 0 Å². The van der Waals surface area contributed by atoms with Crippen LogP contribution in [0.2, 0.25) is 0 Å². The zero-order valence-corrected chi connectivity index (χ0v) is 12.4. The average Bonchev–Trinajstić information content (AvgIpc) is 3.07. The number of carboxylic acids is 1. The summed E-state index contributed by atoms with van der Waals surface area (Å²) in [6, 6.07) is -0.384. The zero-order chi connectivity index (χ0) is 14.7. The lowest BCUT2D eigenvalue weighted by Gasteiger charge is -2.27. The molecule has 3 N–H and O–H groups in total. The molecule has 0 radical (unpaired) electrons. The third-order valence-corrected chi connectivity index (χ3v) is 4.33. The molecule has 2 amide bonds. The van der Waals surface area contributed by atoms with E-state index in [1.54, 1.807) is 6.92 Å². The topological polar surface area (TPSA) is 78.4 Å². The molecule has 1 saturated carbocycles. The Morgan fingerprint density at radius 2 is 1.95 bits per heavy atom. The van der Waals surface area contributed by atoms with E-state index in [-0.39, 0.29) is 11.4 Å². The fourth-order valence-corrected chi connectivity index (χ4v) is 2.39. The Balaban J connectivity index is 2.48. The summed E-state index contributed by atoms with van der Waals surface area (Å²) in [5.74, 6) is -0.455. The molecule has 0 spiro atoms. The fourth-order valence-electron chi connectivity index (χ4n) is 2.39. The number of carboxylic acid groups (broad SMARTS) is 1. The maximum atomic E-state index is 11.8. The van der Waals surface area contributed by atoms with Crippen molar-refractivity contribution in [3.63, 3.8) is 0 Å². The van der Waals surface area contributed by atoms with Gasteiger partial charge in [0.25, 0.3) is 0 Å². The summed E-state index contributed by atoms with van der Waals surface area (Å²) in [5, 5.41) is 14.6. The number of carbonyl (C=O) groups is 2. The summed E-state index contributed by atoms with van der Waals surface area (Å²) in [6.07, 6.45) is 3.40. The third kappa shape index (κ3) is 3.85. The number of hydrogen-bond acceptors (Lipinski definition) is 2. The molecular formula is C14H26N2O3. The van der Waals surface area contributed by atoms with Crippen LogP contribution in [0.1, 0.15) is 53.4 Å². The first-order valence-electron chi connectivity index (χ1n) is 7.05. The van der Waals surface area contributed by atoms with Crippen LogP contribution in [-0.4, -0.2) is 29.2 Å². The molecule has 5 heteroatoms. The summed E-state index contributed by atoms with van der Waals surface area (Å²) in [7, 11) is 0. The Bertz CT molecular complexity index is 351. The minimum Gasteiger partial charge on any atom is -0.480 e. The molecule has 0 aromatic rings. The number of hydrogen-bond donors (Lipinski definition) is 3. The van der Waals surface area contributed by atoms with E-state index in [9.17, 15) is 14.7 Å². The van der Waals surface area contributed by atoms with Crippen molar-refractivity contribution in [2.24, 2.45) is 11.3 Å². The number of nitrogens with one attached hydrogen (secondary N) is 2. The first kappa shape index (κ1) is 15.8. The Labute approximate surface area is 115 Å². The van der Waals surface area contributed by atoms with Gasteiger partial charge in [-0.05, 0) is 37.5 Å². The molecule has 0 heterocycles. The number of rotatable bonds is 7. The van der Waals surface area contributed by atoms with Crippen molar-refractivity contribution in [1.82, 2.24) is 10.6 Å². The van der Waals surface area contributed by atoms with Crippen LogP contribution in [0.4, 0.5) is 4.79 Å². The monoisotopic (exact) mass is 270 g/mol. The third-order valence-electron chi connectivity index (χ3n) is 4.33. The van der Waals surface area contributed by atoms with Crippen LogP contribution in [-0.2, 0) is 4.79 Å². The second kappa shape index (κ2) is 5.80. The van der Waals surface area contributed by atoms with Crippen LogP contribution < -0.4 is 10.6 Å². The molecule has 1 atom stereocenters. The minimum atomic E-state index is -1.19. The highest BCUT2D eigenvalue weighted by molar-refractivity contribution is 5.85. The normalized spacial score (nSPS) is 19.6. The van der Waals surface area contributed by atoms with Gasteiger partial charge in [-0.1, -0.05) is 27.2 Å². The highest BCUT2D eigenvalue weighted by Crippen LogP contribution is 2.51. The fraction of sp³-hybridized carbons (Fsp3) is 0.857. The maximum Gasteiger partial charge on any atom is 0.329 e. The lowest BCUT2D eigenvalue weighted by Crippen LogP contribution is -2.55. The van der Waals surface area contributed by atoms with Gasteiger partial charge in [-0.15, -0.1) is 0 Å². The van der Waals surface area contributed by atoms with Gasteiger partial charge >= 0.3 is 12.0 Å². The lowest BCUT2D eigenvalue weighted by molar-refractivity contribution is -0.144. The van der Waals surface area contributed by atoms with Gasteiger partial charge in [-0.25, -0.2) is 9.59 Å². The summed E-state index contributed by atoms with van der Waals surface area (Å²) >= 11 is 0. The van der Waals surface area contributed by atoms with Gasteiger partial charge in [0.05, 0.1) is 0 Å². The van der Waals surface area contributed by atoms with Gasteiger partial charge in [-0.3, -0.25) is 0 Å². The van der Waals surface area contributed by atoms with E-state index in [2.05, 4.69) is 24.5 Å². The molecular weight excluding hydrogens is 244 g/mol. The van der Waals surface area contributed by atoms with Crippen molar-refractivity contribution < 1.29 is 14.7 Å². The molecule has 1 unspecified atom stereocenters. The van der Waals surface area contributed by atoms with Crippen LogP contribution in [0.5, 0.6) is 0 Å². The van der Waals surface area contributed by atoms with Crippen LogP contribution >= 0.6 is 0 Å². The Morgan fingerprint density at radius 1 is 1.37 bits per heavy atom. The van der Waals surface area contributed by atoms with Gasteiger partial charge in [0, 0.05) is 6.54 Å². The lowest BCUT2D eigenvalue weighted by atomic mass is 9.92. The maximum absolute atomic E-state index is 11.8. The van der Waals surface area contributed by atoms with Crippen molar-refractivity contribution in [2.45, 2.75) is 58.9 Å². The highest BCUT2D eigenvalue weighted by atomic mass is 16.4. The molecule has 1 rings (SSSR count). The molecule has 0 aromatic carbocycles. The molecule has 5 nitrogen and oxygen atoms in total. The summed E-state index contributed by atoms with van der Waals surface area (Å²) in [4.78, 5) is 23.1. The van der Waals surface area contributed by atoms with Crippen LogP contribution in [0.25, 0.3) is 0 Å². The minimum absolute atomic E-state index is 0.224. The van der Waals surface area contributed by atoms with Crippen molar-refractivity contribution in [1.29, 1.82) is 0 Å². The Kier molecular flexibility index (Phi) is 4.82. The van der Waals surface area contributed by atoms with Crippen molar-refractivity contribution in [3.05, 3.63) is 0 Å². The quantitative estimate of drug-likeness (QED) is 0.664. The molecule has 19 heavy (non-hydrogen) atoms. The number of carbonyl (C=O) groups excluding carboxylic acids is 1. The summed E-state index contributed by atoms with van der Waals surface area (Å²) in [6.45, 7) is 8.39. The van der Waals surface area contributed by atoms with Gasteiger partial charge < -0.3 is 15.7 Å². The number of aliphatic carboxylic acids is 1. The van der Waals surface area contributed by atoms with Crippen LogP contribution in [0, 0.1) is 11.3 Å². The molecule has 0 saturated heterocycles. The predicted molar refractivity (Wildman–Crippen MR) is 74.0 cm³/mol. The molecule has 0 aliphatic heterocycles. The largest absolute Gasteiger partial charge is 0.480 e. The van der Waals surface area contributed by atoms with E-state index < -0.39 is 11.5 Å². The number of amides is 2. The van der Waals surface area contributed by atoms with E-state index in [0.29, 0.717) is 25.3 Å². The Hall–Kier alpha value is -1.26. The smallest absolute Gasteiger partial charge is 0.329 e. The molecule has 0 bridgehead atoms. The standard InChI is InChI=1S/C14H26N2O3/c1-5-6-13(4,11(17)18)16-12(19)15-9-14(7-8-14)10(2)3/h10H,5-9H2,1-4H3,(H,17,18)(H2,15,16,19). The van der Waals surface area contributed by atoms with Crippen LogP contribution in [0.15, 0.2) is 0 Å². The highest BCUT2D eigenvalue weighted by Gasteiger charge is 2.45. The molecule has 1 aliphatic rings. The van der Waals surface area contributed by atoms with Crippen molar-refractivity contribution >= 4 is 12.0 Å². The SMILES string of the molecule is CCCC(C)(NC(=O)NCC1(C(C)C)CC1)C(=O)O. The summed E-state index contributed by atoms with van der Waals surface area (Å²) < 4.78 is 0. The Morgan fingerprint density at radius 3 is 2.32 bits per heavy atom. The number of urea groups is 1. The van der Waals surface area contributed by atoms with Crippen molar-refractivity contribution in [3.8, 4) is 0 Å². The second-order valence-corrected chi connectivity index (χ2v) is 6.21. The average molecular weight is 270 g/mol. The van der Waals surface area contributed by atoms with Crippen molar-refractivity contribution in [2.75, 3.05) is 6.54 Å². The van der Waals surface area contributed by atoms with Gasteiger partial charge in [0.1, 0.15) is 5.54 Å². The zero-order valence-electron chi connectivity index (χ0n) is 12.4. The van der Waals surface area contributed by atoms with Gasteiger partial charge in [0.2, 0.25) is 0 Å². The van der Waals surface area contributed by atoms with E-state index >= 15 is 0 Å². The second-order valence-electron chi connectivity index (χ2n) is 6.21. The van der Waals surface area contributed by atoms with Gasteiger partial charge in [0.15, 0.2) is 0 Å². The van der Waals surface area contributed by atoms with E-state index in [4.69, 9.17) is 0 Å². The molecule has 1 fully saturated rings. The molecule has 0 aromatic heterocycles. The van der Waals surface area contributed by atoms with E-state index in [1.807, 2.05) is 6.92 Å². The first-order valence-corrected chi connectivity index (χ1v) is 7.05.